The van der Waals surface area contributed by atoms with Gasteiger partial charge < -0.3 is 9.88 Å². The van der Waals surface area contributed by atoms with E-state index in [2.05, 4.69) is 16.4 Å². The highest BCUT2D eigenvalue weighted by Crippen LogP contribution is 2.34. The van der Waals surface area contributed by atoms with Crippen LogP contribution in [-0.4, -0.2) is 27.3 Å². The van der Waals surface area contributed by atoms with Crippen molar-refractivity contribution >= 4 is 28.7 Å². The molecule has 4 nitrogen and oxygen atoms in total. The van der Waals surface area contributed by atoms with Crippen molar-refractivity contribution in [2.45, 2.75) is 62.2 Å². The summed E-state index contributed by atoms with van der Waals surface area (Å²) < 4.78 is 41.6. The minimum atomic E-state index is -4.44. The summed E-state index contributed by atoms with van der Waals surface area (Å²) in [5, 5.41) is 3.08. The van der Waals surface area contributed by atoms with Crippen molar-refractivity contribution in [2.24, 2.45) is 0 Å². The Morgan fingerprint density at radius 1 is 1.18 bits per heavy atom. The van der Waals surface area contributed by atoms with Gasteiger partial charge in [0.15, 0.2) is 5.16 Å². The molecule has 1 amide bonds. The van der Waals surface area contributed by atoms with E-state index in [4.69, 9.17) is 0 Å². The molecule has 1 aliphatic rings. The van der Waals surface area contributed by atoms with Gasteiger partial charge in [0.05, 0.1) is 28.4 Å². The Hall–Kier alpha value is -2.74. The summed E-state index contributed by atoms with van der Waals surface area (Å²) in [5.74, 6) is -0.101. The molecule has 3 aromatic rings. The number of nitrogens with one attached hydrogen (secondary N) is 1. The van der Waals surface area contributed by atoms with Crippen LogP contribution in [0.2, 0.25) is 0 Å². The third-order valence-corrected chi connectivity index (χ3v) is 7.10. The Morgan fingerprint density at radius 3 is 2.68 bits per heavy atom. The highest BCUT2D eigenvalue weighted by molar-refractivity contribution is 8.00. The third kappa shape index (κ3) is 6.03. The number of amides is 1. The number of aromatic nitrogens is 2. The third-order valence-electron chi connectivity index (χ3n) is 6.01. The number of carbonyl (C=O) groups excluding carboxylic acids is 1. The predicted octanol–water partition coefficient (Wildman–Crippen LogP) is 6.59. The zero-order chi connectivity index (χ0) is 24.1. The van der Waals surface area contributed by atoms with Gasteiger partial charge in [0.1, 0.15) is 0 Å². The predicted molar refractivity (Wildman–Crippen MR) is 130 cm³/mol. The monoisotopic (exact) mass is 487 g/mol. The molecule has 0 fully saturated rings. The topological polar surface area (TPSA) is 46.9 Å². The number of alkyl halides is 3. The molecule has 34 heavy (non-hydrogen) atoms. The van der Waals surface area contributed by atoms with Gasteiger partial charge in [-0.1, -0.05) is 53.7 Å². The quantitative estimate of drug-likeness (QED) is 0.288. The molecule has 8 heteroatoms. The maximum Gasteiger partial charge on any atom is 0.416 e. The van der Waals surface area contributed by atoms with Crippen LogP contribution in [0.25, 0.3) is 11.0 Å². The molecule has 1 atom stereocenters. The fraction of sp³-hybridized carbons (Fsp3) is 0.385. The van der Waals surface area contributed by atoms with E-state index in [0.29, 0.717) is 23.8 Å². The molecule has 0 spiro atoms. The van der Waals surface area contributed by atoms with Crippen LogP contribution in [0.5, 0.6) is 0 Å². The first-order chi connectivity index (χ1) is 16.3. The molecule has 1 N–H and O–H groups in total. The molecule has 0 aliphatic heterocycles. The van der Waals surface area contributed by atoms with Crippen molar-refractivity contribution in [1.82, 2.24) is 14.9 Å². The lowest BCUT2D eigenvalue weighted by molar-refractivity contribution is -0.137. The Bertz CT molecular complexity index is 1170. The first-order valence-electron chi connectivity index (χ1n) is 11.5. The Labute approximate surface area is 201 Å². The zero-order valence-corrected chi connectivity index (χ0v) is 19.9. The van der Waals surface area contributed by atoms with Gasteiger partial charge in [0.25, 0.3) is 0 Å². The second-order valence-electron chi connectivity index (χ2n) is 8.58. The highest BCUT2D eigenvalue weighted by atomic mass is 32.2. The molecule has 0 bridgehead atoms. The van der Waals surface area contributed by atoms with Gasteiger partial charge in [-0.05, 0) is 62.8 Å². The summed E-state index contributed by atoms with van der Waals surface area (Å²) in [6.07, 6.45) is 3.35. The smallest absolute Gasteiger partial charge is 0.355 e. The van der Waals surface area contributed by atoms with E-state index in [-0.39, 0.29) is 11.4 Å². The molecule has 180 valence electrons. The minimum Gasteiger partial charge on any atom is -0.355 e. The number of thioether (sulfide) groups is 1. The number of halogens is 3. The molecule has 2 aromatic carbocycles. The summed E-state index contributed by atoms with van der Waals surface area (Å²) >= 11 is 1.27. The van der Waals surface area contributed by atoms with E-state index in [0.717, 1.165) is 37.0 Å². The van der Waals surface area contributed by atoms with E-state index in [9.17, 15) is 18.0 Å². The molecule has 1 aliphatic carbocycles. The lowest BCUT2D eigenvalue weighted by atomic mass is 9.97. The van der Waals surface area contributed by atoms with Crippen LogP contribution < -0.4 is 5.32 Å². The molecule has 1 aromatic heterocycles. The van der Waals surface area contributed by atoms with Crippen molar-refractivity contribution in [1.29, 1.82) is 0 Å². The van der Waals surface area contributed by atoms with Crippen LogP contribution in [0.4, 0.5) is 13.2 Å². The fourth-order valence-electron chi connectivity index (χ4n) is 4.13. The maximum absolute atomic E-state index is 13.2. The summed E-state index contributed by atoms with van der Waals surface area (Å²) in [6, 6.07) is 13.3. The lowest BCUT2D eigenvalue weighted by Gasteiger charge is -2.15. The van der Waals surface area contributed by atoms with Gasteiger partial charge in [-0.25, -0.2) is 4.98 Å². The number of fused-ring (bicyclic) bond motifs is 1. The molecule has 0 radical (unpaired) electrons. The van der Waals surface area contributed by atoms with E-state index < -0.39 is 17.0 Å². The Kier molecular flexibility index (Phi) is 7.66. The van der Waals surface area contributed by atoms with Gasteiger partial charge in [-0.15, -0.1) is 0 Å². The van der Waals surface area contributed by atoms with E-state index in [1.54, 1.807) is 6.92 Å². The summed E-state index contributed by atoms with van der Waals surface area (Å²) in [4.78, 5) is 17.2. The van der Waals surface area contributed by atoms with E-state index in [1.165, 1.54) is 36.2 Å². The number of carbonyl (C=O) groups is 1. The number of benzene rings is 2. The summed E-state index contributed by atoms with van der Waals surface area (Å²) in [7, 11) is 0. The number of imidazole rings is 1. The van der Waals surface area contributed by atoms with Crippen LogP contribution in [0.1, 0.15) is 50.2 Å². The van der Waals surface area contributed by atoms with Crippen molar-refractivity contribution in [2.75, 3.05) is 6.54 Å². The van der Waals surface area contributed by atoms with Gasteiger partial charge in [-0.2, -0.15) is 13.2 Å². The SMILES string of the molecule is C[C@@H](Sc1nc2cc(C(F)(F)F)ccc2n1Cc1ccccc1)C(=O)NCCC1=CCCCC1. The van der Waals surface area contributed by atoms with Gasteiger partial charge in [0, 0.05) is 6.54 Å². The van der Waals surface area contributed by atoms with Crippen molar-refractivity contribution < 1.29 is 18.0 Å². The highest BCUT2D eigenvalue weighted by Gasteiger charge is 2.31. The first-order valence-corrected chi connectivity index (χ1v) is 12.4. The Balaban J connectivity index is 1.52. The van der Waals surface area contributed by atoms with Crippen molar-refractivity contribution in [3.05, 3.63) is 71.3 Å². The van der Waals surface area contributed by atoms with Crippen molar-refractivity contribution in [3.63, 3.8) is 0 Å². The molecular weight excluding hydrogens is 459 g/mol. The molecule has 4 rings (SSSR count). The van der Waals surface area contributed by atoms with E-state index >= 15 is 0 Å². The number of hydrogen-bond acceptors (Lipinski definition) is 3. The van der Waals surface area contributed by atoms with Gasteiger partial charge in [0.2, 0.25) is 5.91 Å². The minimum absolute atomic E-state index is 0.101. The van der Waals surface area contributed by atoms with E-state index in [1.807, 2.05) is 34.9 Å². The average molecular weight is 488 g/mol. The summed E-state index contributed by atoms with van der Waals surface area (Å²) in [5.41, 5.74) is 2.54. The first kappa shape index (κ1) is 24.4. The lowest BCUT2D eigenvalue weighted by Crippen LogP contribution is -2.32. The molecular formula is C26H28F3N3OS. The largest absolute Gasteiger partial charge is 0.416 e. The van der Waals surface area contributed by atoms with Crippen LogP contribution in [0.15, 0.2) is 65.3 Å². The van der Waals surface area contributed by atoms with Crippen LogP contribution >= 0.6 is 11.8 Å². The number of hydrogen-bond donors (Lipinski definition) is 1. The van der Waals surface area contributed by atoms with Crippen LogP contribution in [0.3, 0.4) is 0 Å². The number of allylic oxidation sites excluding steroid dienone is 1. The fourth-order valence-corrected chi connectivity index (χ4v) is 5.07. The van der Waals surface area contributed by atoms with Crippen LogP contribution in [0, 0.1) is 0 Å². The average Bonchev–Trinajstić information content (AvgIpc) is 3.16. The Morgan fingerprint density at radius 2 is 1.97 bits per heavy atom. The summed E-state index contributed by atoms with van der Waals surface area (Å²) in [6.45, 7) is 2.84. The zero-order valence-electron chi connectivity index (χ0n) is 19.1. The van der Waals surface area contributed by atoms with Crippen molar-refractivity contribution in [3.8, 4) is 0 Å². The second kappa shape index (κ2) is 10.7. The van der Waals surface area contributed by atoms with Gasteiger partial charge >= 0.3 is 6.18 Å². The second-order valence-corrected chi connectivity index (χ2v) is 9.88. The molecule has 0 saturated carbocycles. The number of rotatable bonds is 8. The maximum atomic E-state index is 13.2. The normalized spacial score (nSPS) is 15.2. The molecule has 0 unspecified atom stereocenters. The standard InChI is InChI=1S/C26H28F3N3OS/c1-18(24(33)30-15-14-19-8-4-2-5-9-19)34-25-31-22-16-21(26(27,28)29)12-13-23(22)32(25)17-20-10-6-3-7-11-20/h3,6-8,10-13,16,18H,2,4-5,9,14-15,17H2,1H3,(H,30,33)/t18-/m1/s1. The molecule has 0 saturated heterocycles. The number of nitrogens with zero attached hydrogens (tertiary/aromatic N) is 2. The molecule has 1 heterocycles. The van der Waals surface area contributed by atoms with Crippen LogP contribution in [-0.2, 0) is 17.5 Å². The van der Waals surface area contributed by atoms with Gasteiger partial charge in [-0.3, -0.25) is 4.79 Å².